The van der Waals surface area contributed by atoms with E-state index in [-0.39, 0.29) is 12.0 Å². The van der Waals surface area contributed by atoms with Gasteiger partial charge in [-0.3, -0.25) is 9.89 Å². The van der Waals surface area contributed by atoms with Crippen LogP contribution in [0.1, 0.15) is 42.9 Å². The maximum absolute atomic E-state index is 12.4. The van der Waals surface area contributed by atoms with Gasteiger partial charge in [0.15, 0.2) is 5.82 Å². The van der Waals surface area contributed by atoms with Crippen molar-refractivity contribution in [2.45, 2.75) is 51.6 Å². The van der Waals surface area contributed by atoms with Gasteiger partial charge < -0.3 is 10.0 Å². The second kappa shape index (κ2) is 8.94. The summed E-state index contributed by atoms with van der Waals surface area (Å²) in [6.45, 7) is 3.32. The van der Waals surface area contributed by atoms with Gasteiger partial charge in [0.05, 0.1) is 6.10 Å². The van der Waals surface area contributed by atoms with E-state index >= 15 is 0 Å². The molecule has 0 aliphatic carbocycles. The predicted octanol–water partition coefficient (Wildman–Crippen LogP) is 2.28. The van der Waals surface area contributed by atoms with Gasteiger partial charge in [-0.15, -0.1) is 0 Å². The molecule has 6 heteroatoms. The van der Waals surface area contributed by atoms with E-state index in [1.807, 2.05) is 30.0 Å². The van der Waals surface area contributed by atoms with Gasteiger partial charge in [-0.1, -0.05) is 30.3 Å². The van der Waals surface area contributed by atoms with Crippen molar-refractivity contribution in [3.8, 4) is 0 Å². The second-order valence-corrected chi connectivity index (χ2v) is 7.15. The number of aryl methyl sites for hydroxylation is 3. The summed E-state index contributed by atoms with van der Waals surface area (Å²) >= 11 is 0. The van der Waals surface area contributed by atoms with Gasteiger partial charge in [0.1, 0.15) is 5.82 Å². The zero-order valence-electron chi connectivity index (χ0n) is 15.4. The summed E-state index contributed by atoms with van der Waals surface area (Å²) in [7, 11) is 0. The van der Waals surface area contributed by atoms with E-state index < -0.39 is 0 Å². The van der Waals surface area contributed by atoms with E-state index in [4.69, 9.17) is 0 Å². The minimum atomic E-state index is -0.288. The van der Waals surface area contributed by atoms with E-state index in [9.17, 15) is 9.90 Å². The van der Waals surface area contributed by atoms with Crippen molar-refractivity contribution < 1.29 is 9.90 Å². The molecule has 3 rings (SSSR count). The Morgan fingerprint density at radius 3 is 2.65 bits per heavy atom. The minimum Gasteiger partial charge on any atom is -0.393 e. The van der Waals surface area contributed by atoms with Crippen molar-refractivity contribution in [3.63, 3.8) is 0 Å². The van der Waals surface area contributed by atoms with Crippen molar-refractivity contribution in [3.05, 3.63) is 47.5 Å². The minimum absolute atomic E-state index is 0.157. The molecule has 0 radical (unpaired) electrons. The molecule has 26 heavy (non-hydrogen) atoms. The topological polar surface area (TPSA) is 82.1 Å². The molecule has 1 atom stereocenters. The fraction of sp³-hybridized carbons (Fsp3) is 0.550. The molecule has 1 aliphatic heterocycles. The third-order valence-corrected chi connectivity index (χ3v) is 5.21. The van der Waals surface area contributed by atoms with Crippen LogP contribution in [0, 0.1) is 12.8 Å². The molecule has 140 valence electrons. The van der Waals surface area contributed by atoms with Crippen LogP contribution < -0.4 is 0 Å². The molecule has 2 aromatic rings. The molecule has 1 aromatic carbocycles. The molecule has 0 unspecified atom stereocenters. The van der Waals surface area contributed by atoms with E-state index in [1.165, 1.54) is 5.56 Å². The first-order valence-corrected chi connectivity index (χ1v) is 9.49. The number of carbonyl (C=O) groups is 1. The molecule has 2 heterocycles. The maximum Gasteiger partial charge on any atom is 0.223 e. The number of carbonyl (C=O) groups excluding carboxylic acids is 1. The third-order valence-electron chi connectivity index (χ3n) is 5.21. The third kappa shape index (κ3) is 5.14. The normalized spacial score (nSPS) is 16.6. The Morgan fingerprint density at radius 2 is 2.00 bits per heavy atom. The molecule has 1 saturated heterocycles. The first-order chi connectivity index (χ1) is 12.6. The van der Waals surface area contributed by atoms with Crippen molar-refractivity contribution in [1.29, 1.82) is 0 Å². The quantitative estimate of drug-likeness (QED) is 0.797. The molecular weight excluding hydrogens is 328 g/mol. The van der Waals surface area contributed by atoms with Crippen LogP contribution in [-0.4, -0.2) is 50.3 Å². The SMILES string of the molecule is Cc1nc(CCC(=O)N2CCC([C@@H](O)CCc3ccccc3)CC2)n[nH]1. The first-order valence-electron chi connectivity index (χ1n) is 9.49. The van der Waals surface area contributed by atoms with Gasteiger partial charge in [0.25, 0.3) is 0 Å². The lowest BCUT2D eigenvalue weighted by molar-refractivity contribution is -0.133. The molecular formula is C20H28N4O2. The van der Waals surface area contributed by atoms with Crippen LogP contribution in [-0.2, 0) is 17.6 Å². The van der Waals surface area contributed by atoms with Crippen LogP contribution in [0.2, 0.25) is 0 Å². The van der Waals surface area contributed by atoms with Crippen molar-refractivity contribution >= 4 is 5.91 Å². The number of H-pyrrole nitrogens is 1. The summed E-state index contributed by atoms with van der Waals surface area (Å²) in [6.07, 6.45) is 4.16. The lowest BCUT2D eigenvalue weighted by Crippen LogP contribution is -2.41. The first kappa shape index (κ1) is 18.6. The predicted molar refractivity (Wildman–Crippen MR) is 99.5 cm³/mol. The van der Waals surface area contributed by atoms with E-state index in [2.05, 4.69) is 27.3 Å². The lowest BCUT2D eigenvalue weighted by Gasteiger charge is -2.34. The number of rotatable bonds is 7. The largest absolute Gasteiger partial charge is 0.393 e. The Morgan fingerprint density at radius 1 is 1.27 bits per heavy atom. The fourth-order valence-corrected chi connectivity index (χ4v) is 3.61. The summed E-state index contributed by atoms with van der Waals surface area (Å²) in [5, 5.41) is 17.4. The number of aliphatic hydroxyl groups excluding tert-OH is 1. The van der Waals surface area contributed by atoms with Gasteiger partial charge in [0, 0.05) is 25.9 Å². The van der Waals surface area contributed by atoms with Gasteiger partial charge in [-0.05, 0) is 44.1 Å². The monoisotopic (exact) mass is 356 g/mol. The Labute approximate surface area is 154 Å². The number of aromatic nitrogens is 3. The Kier molecular flexibility index (Phi) is 6.39. The molecule has 6 nitrogen and oxygen atoms in total. The second-order valence-electron chi connectivity index (χ2n) is 7.15. The number of likely N-dealkylation sites (tertiary alicyclic amines) is 1. The van der Waals surface area contributed by atoms with Gasteiger partial charge in [-0.25, -0.2) is 4.98 Å². The van der Waals surface area contributed by atoms with Gasteiger partial charge >= 0.3 is 0 Å². The molecule has 1 aliphatic rings. The molecule has 0 bridgehead atoms. The highest BCUT2D eigenvalue weighted by molar-refractivity contribution is 5.76. The highest BCUT2D eigenvalue weighted by Crippen LogP contribution is 2.24. The summed E-state index contributed by atoms with van der Waals surface area (Å²) < 4.78 is 0. The number of nitrogens with one attached hydrogen (secondary N) is 1. The molecule has 1 fully saturated rings. The fourth-order valence-electron chi connectivity index (χ4n) is 3.61. The average molecular weight is 356 g/mol. The van der Waals surface area contributed by atoms with Crippen LogP contribution in [0.4, 0.5) is 0 Å². The molecule has 1 amide bonds. The zero-order valence-corrected chi connectivity index (χ0v) is 15.4. The van der Waals surface area contributed by atoms with Crippen LogP contribution >= 0.6 is 0 Å². The average Bonchev–Trinajstić information content (AvgIpc) is 3.10. The van der Waals surface area contributed by atoms with Gasteiger partial charge in [0.2, 0.25) is 5.91 Å². The number of amides is 1. The van der Waals surface area contributed by atoms with Gasteiger partial charge in [-0.2, -0.15) is 5.10 Å². The van der Waals surface area contributed by atoms with Crippen LogP contribution in [0.15, 0.2) is 30.3 Å². The molecule has 0 spiro atoms. The Balaban J connectivity index is 1.38. The maximum atomic E-state index is 12.4. The smallest absolute Gasteiger partial charge is 0.223 e. The lowest BCUT2D eigenvalue weighted by atomic mass is 9.88. The Hall–Kier alpha value is -2.21. The van der Waals surface area contributed by atoms with Crippen LogP contribution in [0.3, 0.4) is 0 Å². The highest BCUT2D eigenvalue weighted by atomic mass is 16.3. The van der Waals surface area contributed by atoms with Crippen molar-refractivity contribution in [1.82, 2.24) is 20.1 Å². The number of hydrogen-bond acceptors (Lipinski definition) is 4. The van der Waals surface area contributed by atoms with E-state index in [0.29, 0.717) is 24.6 Å². The number of piperidine rings is 1. The van der Waals surface area contributed by atoms with Crippen molar-refractivity contribution in [2.24, 2.45) is 5.92 Å². The number of benzene rings is 1. The highest BCUT2D eigenvalue weighted by Gasteiger charge is 2.27. The number of aliphatic hydroxyl groups is 1. The van der Waals surface area contributed by atoms with E-state index in [1.54, 1.807) is 0 Å². The van der Waals surface area contributed by atoms with E-state index in [0.717, 1.165) is 44.6 Å². The summed E-state index contributed by atoms with van der Waals surface area (Å²) in [6, 6.07) is 10.3. The number of aromatic amines is 1. The summed E-state index contributed by atoms with van der Waals surface area (Å²) in [4.78, 5) is 18.5. The standard InChI is InChI=1S/C20H28N4O2/c1-15-21-19(23-22-15)9-10-20(26)24-13-11-17(12-14-24)18(25)8-7-16-5-3-2-4-6-16/h2-6,17-18,25H,7-14H2,1H3,(H,21,22,23)/t18-/m0/s1. The Bertz CT molecular complexity index is 693. The molecule has 0 saturated carbocycles. The van der Waals surface area contributed by atoms with Crippen molar-refractivity contribution in [2.75, 3.05) is 13.1 Å². The zero-order chi connectivity index (χ0) is 18.4. The number of nitrogens with zero attached hydrogens (tertiary/aromatic N) is 3. The van der Waals surface area contributed by atoms with Crippen LogP contribution in [0.5, 0.6) is 0 Å². The molecule has 1 aromatic heterocycles. The summed E-state index contributed by atoms with van der Waals surface area (Å²) in [5.74, 6) is 1.92. The number of hydrogen-bond donors (Lipinski definition) is 2. The molecule has 2 N–H and O–H groups in total. The summed E-state index contributed by atoms with van der Waals surface area (Å²) in [5.41, 5.74) is 1.27. The van der Waals surface area contributed by atoms with Crippen LogP contribution in [0.25, 0.3) is 0 Å².